The maximum atomic E-state index is 13.8. The molecule has 2 aliphatic heterocycles. The number of hydrazine groups is 1. The zero-order chi connectivity index (χ0) is 24.5. The summed E-state index contributed by atoms with van der Waals surface area (Å²) in [7, 11) is 3.24. The fourth-order valence-corrected chi connectivity index (χ4v) is 5.42. The van der Waals surface area contributed by atoms with E-state index in [-0.39, 0.29) is 30.0 Å². The Bertz CT molecular complexity index is 1200. The first-order valence-electron chi connectivity index (χ1n) is 11.6. The highest BCUT2D eigenvalue weighted by atomic mass is 79.9. The second-order valence-corrected chi connectivity index (χ2v) is 9.48. The van der Waals surface area contributed by atoms with Crippen molar-refractivity contribution in [3.05, 3.63) is 82.3 Å². The van der Waals surface area contributed by atoms with Gasteiger partial charge in [0.25, 0.3) is 0 Å². The summed E-state index contributed by atoms with van der Waals surface area (Å²) < 4.78 is 17.6. The molecule has 8 heteroatoms. The number of carbonyl (C=O) groups is 1. The summed E-state index contributed by atoms with van der Waals surface area (Å²) in [5, 5.41) is 0. The fraction of sp³-hybridized carbons (Fsp3) is 0.296. The number of anilines is 1. The van der Waals surface area contributed by atoms with Crippen molar-refractivity contribution in [2.24, 2.45) is 5.92 Å². The second-order valence-electron chi connectivity index (χ2n) is 8.57. The van der Waals surface area contributed by atoms with Gasteiger partial charge in [-0.3, -0.25) is 4.79 Å². The highest BCUT2D eigenvalue weighted by molar-refractivity contribution is 9.10. The first-order valence-corrected chi connectivity index (χ1v) is 12.4. The fourth-order valence-electron chi connectivity index (χ4n) is 5.16. The molecule has 4 unspecified atom stereocenters. The van der Waals surface area contributed by atoms with E-state index in [0.717, 1.165) is 27.0 Å². The Labute approximate surface area is 213 Å². The Kier molecular flexibility index (Phi) is 6.69. The van der Waals surface area contributed by atoms with Crippen LogP contribution in [0.4, 0.5) is 5.69 Å². The van der Waals surface area contributed by atoms with Crippen LogP contribution >= 0.6 is 15.9 Å². The molecule has 0 spiro atoms. The molecule has 0 saturated carbocycles. The van der Waals surface area contributed by atoms with E-state index in [1.807, 2.05) is 66.4 Å². The highest BCUT2D eigenvalue weighted by Crippen LogP contribution is 2.50. The van der Waals surface area contributed by atoms with Crippen molar-refractivity contribution in [3.63, 3.8) is 0 Å². The van der Waals surface area contributed by atoms with Crippen LogP contribution in [0.5, 0.6) is 17.2 Å². The summed E-state index contributed by atoms with van der Waals surface area (Å²) in [6, 6.07) is 21.1. The van der Waals surface area contributed by atoms with Crippen LogP contribution in [0.2, 0.25) is 0 Å². The average molecular weight is 538 g/mol. The molecule has 0 bridgehead atoms. The molecular weight excluding hydrogens is 510 g/mol. The lowest BCUT2D eigenvalue weighted by Crippen LogP contribution is -2.41. The molecule has 7 nitrogen and oxygen atoms in total. The molecular formula is C27H28BrN3O4. The van der Waals surface area contributed by atoms with Crippen LogP contribution in [0, 0.1) is 5.92 Å². The molecule has 0 aliphatic carbocycles. The number of benzene rings is 3. The van der Waals surface area contributed by atoms with Crippen molar-refractivity contribution in [1.29, 1.82) is 0 Å². The Morgan fingerprint density at radius 3 is 2.17 bits per heavy atom. The summed E-state index contributed by atoms with van der Waals surface area (Å²) in [5.74, 6) is 2.07. The first-order chi connectivity index (χ1) is 17.0. The molecule has 4 atom stereocenters. The van der Waals surface area contributed by atoms with Gasteiger partial charge in [-0.25, -0.2) is 10.9 Å². The number of carbonyl (C=O) groups excluding carboxylic acids is 1. The van der Waals surface area contributed by atoms with Gasteiger partial charge in [0, 0.05) is 16.1 Å². The van der Waals surface area contributed by atoms with Crippen molar-refractivity contribution in [2.75, 3.05) is 25.7 Å². The van der Waals surface area contributed by atoms with Crippen LogP contribution in [0.15, 0.2) is 71.2 Å². The molecule has 3 aromatic rings. The predicted molar refractivity (Wildman–Crippen MR) is 138 cm³/mol. The van der Waals surface area contributed by atoms with Crippen LogP contribution in [0.25, 0.3) is 0 Å². The highest BCUT2D eigenvalue weighted by Gasteiger charge is 2.56. The van der Waals surface area contributed by atoms with Gasteiger partial charge in [-0.05, 0) is 66.6 Å². The SMILES string of the molecule is CCOc1ccc(C2NNC3C(=O)N(c4ccc(Br)cc4)C(c4ccc(OC)c(OC)c4)C32)cc1. The molecule has 0 radical (unpaired) electrons. The van der Waals surface area contributed by atoms with Crippen LogP contribution in [0.1, 0.15) is 30.1 Å². The number of methoxy groups -OCH3 is 2. The van der Waals surface area contributed by atoms with E-state index in [9.17, 15) is 4.79 Å². The molecule has 2 fully saturated rings. The van der Waals surface area contributed by atoms with Crippen LogP contribution in [-0.4, -0.2) is 32.8 Å². The van der Waals surface area contributed by atoms with Crippen LogP contribution in [0.3, 0.4) is 0 Å². The van der Waals surface area contributed by atoms with Crippen LogP contribution < -0.4 is 30.0 Å². The minimum Gasteiger partial charge on any atom is -0.494 e. The zero-order valence-electron chi connectivity index (χ0n) is 19.8. The topological polar surface area (TPSA) is 72.1 Å². The summed E-state index contributed by atoms with van der Waals surface area (Å²) in [5.41, 5.74) is 9.58. The van der Waals surface area contributed by atoms with E-state index in [4.69, 9.17) is 14.2 Å². The Hall–Kier alpha value is -3.07. The Morgan fingerprint density at radius 2 is 1.51 bits per heavy atom. The molecule has 35 heavy (non-hydrogen) atoms. The number of fused-ring (bicyclic) bond motifs is 1. The van der Waals surface area contributed by atoms with E-state index in [1.165, 1.54) is 0 Å². The third-order valence-corrected chi connectivity index (χ3v) is 7.24. The molecule has 0 aromatic heterocycles. The third kappa shape index (κ3) is 4.26. The van der Waals surface area contributed by atoms with Crippen molar-refractivity contribution in [1.82, 2.24) is 10.9 Å². The molecule has 2 aliphatic rings. The van der Waals surface area contributed by atoms with Crippen molar-refractivity contribution in [3.8, 4) is 17.2 Å². The third-order valence-electron chi connectivity index (χ3n) is 6.71. The molecule has 3 aromatic carbocycles. The number of hydrogen-bond acceptors (Lipinski definition) is 6. The smallest absolute Gasteiger partial charge is 0.246 e. The van der Waals surface area contributed by atoms with Crippen molar-refractivity contribution < 1.29 is 19.0 Å². The van der Waals surface area contributed by atoms with Crippen molar-refractivity contribution in [2.45, 2.75) is 25.0 Å². The van der Waals surface area contributed by atoms with Gasteiger partial charge in [0.2, 0.25) is 5.91 Å². The van der Waals surface area contributed by atoms with E-state index >= 15 is 0 Å². The van der Waals surface area contributed by atoms with Gasteiger partial charge in [-0.1, -0.05) is 34.1 Å². The lowest BCUT2D eigenvalue weighted by molar-refractivity contribution is -0.119. The predicted octanol–water partition coefficient (Wildman–Crippen LogP) is 4.79. The Morgan fingerprint density at radius 1 is 0.857 bits per heavy atom. The summed E-state index contributed by atoms with van der Waals surface area (Å²) in [6.45, 7) is 2.58. The van der Waals surface area contributed by atoms with Gasteiger partial charge >= 0.3 is 0 Å². The number of nitrogens with zero attached hydrogens (tertiary/aromatic N) is 1. The molecule has 2 saturated heterocycles. The van der Waals surface area contributed by atoms with E-state index in [2.05, 4.69) is 38.9 Å². The molecule has 5 rings (SSSR count). The maximum Gasteiger partial charge on any atom is 0.246 e. The average Bonchev–Trinajstić information content (AvgIpc) is 3.44. The molecule has 182 valence electrons. The number of halogens is 1. The molecule has 2 heterocycles. The van der Waals surface area contributed by atoms with Crippen LogP contribution in [-0.2, 0) is 4.79 Å². The van der Waals surface area contributed by atoms with Gasteiger partial charge < -0.3 is 19.1 Å². The van der Waals surface area contributed by atoms with E-state index in [1.54, 1.807) is 14.2 Å². The summed E-state index contributed by atoms with van der Waals surface area (Å²) >= 11 is 3.50. The standard InChI is InChI=1S/C27H28BrN3O4/c1-4-35-20-12-5-16(6-13-20)24-23-25(30-29-24)27(32)31(19-10-8-18(28)9-11-19)26(23)17-7-14-21(33-2)22(15-17)34-3/h5-15,23-26,29-30H,4H2,1-3H3. The van der Waals surface area contributed by atoms with Crippen molar-refractivity contribution >= 4 is 27.5 Å². The summed E-state index contributed by atoms with van der Waals surface area (Å²) in [6.07, 6.45) is 0. The van der Waals surface area contributed by atoms with Gasteiger partial charge in [0.1, 0.15) is 11.8 Å². The minimum absolute atomic E-state index is 0.0260. The second kappa shape index (κ2) is 9.89. The number of ether oxygens (including phenoxy) is 3. The van der Waals surface area contributed by atoms with Gasteiger partial charge in [-0.15, -0.1) is 0 Å². The van der Waals surface area contributed by atoms with Gasteiger partial charge in [-0.2, -0.15) is 0 Å². The van der Waals surface area contributed by atoms with Gasteiger partial charge in [0.15, 0.2) is 11.5 Å². The number of nitrogens with one attached hydrogen (secondary N) is 2. The number of hydrogen-bond donors (Lipinski definition) is 2. The zero-order valence-corrected chi connectivity index (χ0v) is 21.4. The first kappa shape index (κ1) is 23.7. The largest absolute Gasteiger partial charge is 0.494 e. The number of rotatable bonds is 7. The quantitative estimate of drug-likeness (QED) is 0.451. The van der Waals surface area contributed by atoms with E-state index in [0.29, 0.717) is 18.1 Å². The minimum atomic E-state index is -0.381. The van der Waals surface area contributed by atoms with E-state index < -0.39 is 0 Å². The summed E-state index contributed by atoms with van der Waals surface area (Å²) in [4.78, 5) is 15.7. The normalized spacial score (nSPS) is 23.3. The molecule has 2 N–H and O–H groups in total. The number of amides is 1. The lowest BCUT2D eigenvalue weighted by atomic mass is 9.83. The maximum absolute atomic E-state index is 13.8. The van der Waals surface area contributed by atoms with Gasteiger partial charge in [0.05, 0.1) is 32.9 Å². The lowest BCUT2D eigenvalue weighted by Gasteiger charge is -2.31. The Balaban J connectivity index is 1.60. The monoisotopic (exact) mass is 537 g/mol. The molecule has 1 amide bonds.